The van der Waals surface area contributed by atoms with Crippen molar-refractivity contribution >= 4 is 23.6 Å². The molecule has 6 unspecified atom stereocenters. The lowest BCUT2D eigenvalue weighted by atomic mass is 9.56. The minimum absolute atomic E-state index is 0.0744. The van der Waals surface area contributed by atoms with Crippen LogP contribution in [0.25, 0.3) is 0 Å². The standard InChI is InChI=1S/C39H53N3O7S/c1-4-22-46-39-35(50-23-17-27-15-18-40-19-16-27)26-33(42-47-6-3)31-24-28(11-7-9-20-43)30(12-8-10-21-44)36(37(31)39)32-25-29(13-14-34(32)49-39)48-38(45)41-5-2/h4,13-16,18-19,24-25,28,30,35-37,43-44H,1,5-12,17,20-23,26H2,2-3H3,(H,41,45). The predicted molar refractivity (Wildman–Crippen MR) is 197 cm³/mol. The number of ether oxygens (including phenoxy) is 3. The van der Waals surface area contributed by atoms with E-state index in [1.165, 1.54) is 5.56 Å². The van der Waals surface area contributed by atoms with Gasteiger partial charge in [-0.2, -0.15) is 11.8 Å². The highest BCUT2D eigenvalue weighted by molar-refractivity contribution is 8.00. The molecule has 3 N–H and O–H groups in total. The van der Waals surface area contributed by atoms with Crippen molar-refractivity contribution in [1.29, 1.82) is 0 Å². The average molecular weight is 708 g/mol. The highest BCUT2D eigenvalue weighted by Crippen LogP contribution is 2.62. The Balaban J connectivity index is 1.67. The molecular weight excluding hydrogens is 655 g/mol. The van der Waals surface area contributed by atoms with Gasteiger partial charge in [0.2, 0.25) is 5.79 Å². The fraction of sp³-hybridized carbons (Fsp3) is 0.564. The molecule has 0 saturated heterocycles. The Kier molecular flexibility index (Phi) is 14.2. The topological polar surface area (TPSA) is 132 Å². The van der Waals surface area contributed by atoms with Crippen LogP contribution in [0.1, 0.15) is 75.8 Å². The second-order valence-electron chi connectivity index (χ2n) is 13.1. The van der Waals surface area contributed by atoms with Gasteiger partial charge in [-0.25, -0.2) is 4.79 Å². The van der Waals surface area contributed by atoms with Gasteiger partial charge in [0.25, 0.3) is 0 Å². The molecule has 0 radical (unpaired) electrons. The van der Waals surface area contributed by atoms with Gasteiger partial charge < -0.3 is 34.6 Å². The van der Waals surface area contributed by atoms with Crippen molar-refractivity contribution in [1.82, 2.24) is 10.3 Å². The van der Waals surface area contributed by atoms with E-state index in [4.69, 9.17) is 24.2 Å². The molecule has 5 rings (SSSR count). The molecule has 0 bridgehead atoms. The Bertz CT molecular complexity index is 1470. The van der Waals surface area contributed by atoms with E-state index in [0.717, 1.165) is 61.1 Å². The first kappa shape index (κ1) is 37.9. The number of pyridine rings is 1. The van der Waals surface area contributed by atoms with E-state index < -0.39 is 11.9 Å². The number of hydrogen-bond donors (Lipinski definition) is 3. The maximum absolute atomic E-state index is 12.5. The van der Waals surface area contributed by atoms with E-state index >= 15 is 0 Å². The van der Waals surface area contributed by atoms with Crippen LogP contribution < -0.4 is 14.8 Å². The van der Waals surface area contributed by atoms with E-state index in [2.05, 4.69) is 23.0 Å². The zero-order chi connectivity index (χ0) is 35.3. The Labute approximate surface area is 300 Å². The number of oxime groups is 1. The van der Waals surface area contributed by atoms with Gasteiger partial charge >= 0.3 is 6.09 Å². The number of benzene rings is 1. The summed E-state index contributed by atoms with van der Waals surface area (Å²) in [7, 11) is 0. The number of aromatic nitrogens is 1. The number of aliphatic hydroxyl groups excluding tert-OH is 2. The summed E-state index contributed by atoms with van der Waals surface area (Å²) < 4.78 is 19.9. The van der Waals surface area contributed by atoms with Gasteiger partial charge in [0.1, 0.15) is 18.1 Å². The van der Waals surface area contributed by atoms with Crippen molar-refractivity contribution in [3.63, 3.8) is 0 Å². The molecule has 1 fully saturated rings. The highest BCUT2D eigenvalue weighted by Gasteiger charge is 2.63. The van der Waals surface area contributed by atoms with Gasteiger partial charge in [-0.3, -0.25) is 4.98 Å². The third-order valence-corrected chi connectivity index (χ3v) is 11.3. The number of rotatable bonds is 19. The third kappa shape index (κ3) is 8.73. The molecule has 1 amide bonds. The number of amides is 1. The molecule has 0 spiro atoms. The summed E-state index contributed by atoms with van der Waals surface area (Å²) in [4.78, 5) is 22.5. The minimum Gasteiger partial charge on any atom is -0.460 e. The van der Waals surface area contributed by atoms with E-state index in [9.17, 15) is 15.0 Å². The van der Waals surface area contributed by atoms with Crippen LogP contribution in [-0.4, -0.2) is 76.8 Å². The number of aliphatic hydroxyl groups is 2. The number of hydrogen-bond acceptors (Lipinski definition) is 10. The van der Waals surface area contributed by atoms with Crippen LogP contribution in [0.2, 0.25) is 0 Å². The summed E-state index contributed by atoms with van der Waals surface area (Å²) in [5.74, 6) is 0.981. The lowest BCUT2D eigenvalue weighted by molar-refractivity contribution is -0.223. The van der Waals surface area contributed by atoms with Gasteiger partial charge in [0.05, 0.1) is 23.5 Å². The molecule has 2 aromatic rings. The van der Waals surface area contributed by atoms with Crippen molar-refractivity contribution in [3.8, 4) is 11.5 Å². The maximum atomic E-state index is 12.5. The van der Waals surface area contributed by atoms with Crippen molar-refractivity contribution in [2.24, 2.45) is 22.9 Å². The molecule has 6 atom stereocenters. The molecule has 272 valence electrons. The maximum Gasteiger partial charge on any atom is 0.412 e. The molecule has 1 aromatic carbocycles. The Hall–Kier alpha value is -3.38. The van der Waals surface area contributed by atoms with Crippen molar-refractivity contribution in [2.45, 2.75) is 82.2 Å². The number of nitrogens with one attached hydrogen (secondary N) is 1. The summed E-state index contributed by atoms with van der Waals surface area (Å²) in [6, 6.07) is 9.75. The number of allylic oxidation sites excluding steroid dienone is 1. The normalized spacial score (nSPS) is 25.9. The fourth-order valence-corrected chi connectivity index (χ4v) is 9.25. The molecule has 1 aromatic heterocycles. The summed E-state index contributed by atoms with van der Waals surface area (Å²) in [5, 5.41) is 26.8. The average Bonchev–Trinajstić information content (AvgIpc) is 3.12. The van der Waals surface area contributed by atoms with Crippen LogP contribution in [0.5, 0.6) is 11.5 Å². The molecule has 10 nitrogen and oxygen atoms in total. The molecular formula is C39H53N3O7S. The van der Waals surface area contributed by atoms with Gasteiger partial charge in [-0.05, 0) is 105 Å². The molecule has 3 aliphatic rings. The van der Waals surface area contributed by atoms with E-state index in [-0.39, 0.29) is 42.1 Å². The van der Waals surface area contributed by atoms with Crippen LogP contribution in [0.4, 0.5) is 4.79 Å². The van der Waals surface area contributed by atoms with Crippen molar-refractivity contribution in [2.75, 3.05) is 38.7 Å². The molecule has 2 heterocycles. The summed E-state index contributed by atoms with van der Waals surface area (Å²) >= 11 is 1.83. The molecule has 50 heavy (non-hydrogen) atoms. The number of thioether (sulfide) groups is 1. The SMILES string of the molecule is C=CCOC12Oc3ccc(OC(=O)NCC)cc3C3C(CCCCO)C(CCCCO)C=C(C(=NOCC)CC1SCCc1ccncc1)C32. The van der Waals surface area contributed by atoms with Crippen LogP contribution in [-0.2, 0) is 16.0 Å². The van der Waals surface area contributed by atoms with Gasteiger partial charge in [-0.15, -0.1) is 6.58 Å². The van der Waals surface area contributed by atoms with Crippen molar-refractivity contribution in [3.05, 3.63) is 78.2 Å². The predicted octanol–water partition coefficient (Wildman–Crippen LogP) is 6.82. The van der Waals surface area contributed by atoms with Gasteiger partial charge in [0, 0.05) is 50.1 Å². The first-order valence-electron chi connectivity index (χ1n) is 18.2. The first-order chi connectivity index (χ1) is 24.5. The Morgan fingerprint density at radius 1 is 1.14 bits per heavy atom. The van der Waals surface area contributed by atoms with E-state index in [1.54, 1.807) is 12.1 Å². The minimum atomic E-state index is -1.04. The third-order valence-electron chi connectivity index (χ3n) is 9.92. The Morgan fingerprint density at radius 2 is 1.92 bits per heavy atom. The van der Waals surface area contributed by atoms with Crippen LogP contribution in [0, 0.1) is 17.8 Å². The summed E-state index contributed by atoms with van der Waals surface area (Å²) in [6.07, 6.45) is 13.7. The number of nitrogens with zero attached hydrogens (tertiary/aromatic N) is 2. The van der Waals surface area contributed by atoms with Crippen LogP contribution >= 0.6 is 11.8 Å². The lowest BCUT2D eigenvalue weighted by Crippen LogP contribution is -2.64. The number of carbonyl (C=O) groups excluding carboxylic acids is 1. The molecule has 11 heteroatoms. The van der Waals surface area contributed by atoms with Crippen LogP contribution in [0.15, 0.2) is 72.2 Å². The van der Waals surface area contributed by atoms with Crippen LogP contribution in [0.3, 0.4) is 0 Å². The Morgan fingerprint density at radius 3 is 2.64 bits per heavy atom. The number of carbonyl (C=O) groups is 1. The van der Waals surface area contributed by atoms with Crippen molar-refractivity contribution < 1.29 is 34.1 Å². The molecule has 1 aliphatic heterocycles. The smallest absolute Gasteiger partial charge is 0.412 e. The van der Waals surface area contributed by atoms with E-state index in [0.29, 0.717) is 44.1 Å². The molecule has 1 saturated carbocycles. The monoisotopic (exact) mass is 707 g/mol. The quantitative estimate of drug-likeness (QED) is 0.0818. The van der Waals surface area contributed by atoms with Gasteiger partial charge in [0.15, 0.2) is 0 Å². The summed E-state index contributed by atoms with van der Waals surface area (Å²) in [5.41, 5.74) is 4.17. The fourth-order valence-electron chi connectivity index (χ4n) is 7.84. The lowest BCUT2D eigenvalue weighted by Gasteiger charge is -2.58. The highest BCUT2D eigenvalue weighted by atomic mass is 32.2. The zero-order valence-corrected chi connectivity index (χ0v) is 30.2. The van der Waals surface area contributed by atoms with E-state index in [1.807, 2.05) is 62.3 Å². The number of aryl methyl sites for hydroxylation is 1. The first-order valence-corrected chi connectivity index (χ1v) is 19.2. The second-order valence-corrected chi connectivity index (χ2v) is 14.4. The summed E-state index contributed by atoms with van der Waals surface area (Å²) in [6.45, 7) is 9.29. The zero-order valence-electron chi connectivity index (χ0n) is 29.4. The largest absolute Gasteiger partial charge is 0.460 e. The number of unbranched alkanes of at least 4 members (excludes halogenated alkanes) is 2. The number of fused-ring (bicyclic) bond motifs is 2. The molecule has 2 aliphatic carbocycles. The van der Waals surface area contributed by atoms with Gasteiger partial charge in [-0.1, -0.05) is 30.1 Å². The second kappa shape index (κ2) is 18.7.